The van der Waals surface area contributed by atoms with E-state index in [1.807, 2.05) is 13.8 Å². The van der Waals surface area contributed by atoms with Gasteiger partial charge in [0.1, 0.15) is 5.82 Å². The predicted molar refractivity (Wildman–Crippen MR) is 84.7 cm³/mol. The molecule has 2 atom stereocenters. The Morgan fingerprint density at radius 1 is 1.43 bits per heavy atom. The molecular formula is C16H23FN2OS. The van der Waals surface area contributed by atoms with Crippen LogP contribution >= 0.6 is 11.8 Å². The molecule has 21 heavy (non-hydrogen) atoms. The second-order valence-corrected chi connectivity index (χ2v) is 7.41. The van der Waals surface area contributed by atoms with E-state index in [2.05, 4.69) is 5.32 Å². The smallest absolute Gasteiger partial charge is 0.237 e. The number of carbonyl (C=O) groups excluding carboxylic acids is 1. The van der Waals surface area contributed by atoms with E-state index in [-0.39, 0.29) is 17.8 Å². The van der Waals surface area contributed by atoms with E-state index in [9.17, 15) is 9.18 Å². The minimum atomic E-state index is -0.607. The van der Waals surface area contributed by atoms with Gasteiger partial charge in [-0.25, -0.2) is 4.39 Å². The number of rotatable bonds is 5. The first kappa shape index (κ1) is 16.3. The van der Waals surface area contributed by atoms with Crippen molar-refractivity contribution in [2.45, 2.75) is 61.3 Å². The normalized spacial score (nSPS) is 26.0. The number of nitrogens with one attached hydrogen (secondary N) is 1. The molecule has 1 fully saturated rings. The zero-order valence-corrected chi connectivity index (χ0v) is 13.4. The molecule has 0 aliphatic heterocycles. The highest BCUT2D eigenvalue weighted by Gasteiger charge is 2.41. The van der Waals surface area contributed by atoms with E-state index < -0.39 is 5.54 Å². The summed E-state index contributed by atoms with van der Waals surface area (Å²) in [4.78, 5) is 13.0. The van der Waals surface area contributed by atoms with Gasteiger partial charge in [0, 0.05) is 16.2 Å². The molecule has 0 radical (unpaired) electrons. The maximum absolute atomic E-state index is 13.0. The van der Waals surface area contributed by atoms with Gasteiger partial charge in [0.05, 0.1) is 5.54 Å². The van der Waals surface area contributed by atoms with Crippen molar-refractivity contribution in [2.75, 3.05) is 0 Å². The second kappa shape index (κ2) is 6.79. The van der Waals surface area contributed by atoms with E-state index in [4.69, 9.17) is 5.73 Å². The predicted octanol–water partition coefficient (Wildman–Crippen LogP) is 3.08. The minimum Gasteiger partial charge on any atom is -0.368 e. The number of nitrogens with two attached hydrogens (primary N) is 1. The third-order valence-electron chi connectivity index (χ3n) is 3.86. The summed E-state index contributed by atoms with van der Waals surface area (Å²) in [6, 6.07) is 6.73. The number of thioether (sulfide) groups is 1. The Labute approximate surface area is 129 Å². The Morgan fingerprint density at radius 2 is 2.10 bits per heavy atom. The molecule has 5 heteroatoms. The van der Waals surface area contributed by atoms with Gasteiger partial charge in [0.2, 0.25) is 5.91 Å². The van der Waals surface area contributed by atoms with Gasteiger partial charge >= 0.3 is 0 Å². The quantitative estimate of drug-likeness (QED) is 0.879. The fourth-order valence-corrected chi connectivity index (χ4v) is 4.34. The summed E-state index contributed by atoms with van der Waals surface area (Å²) >= 11 is 1.71. The van der Waals surface area contributed by atoms with Crippen molar-refractivity contribution >= 4 is 17.7 Å². The van der Waals surface area contributed by atoms with Crippen LogP contribution in [-0.4, -0.2) is 22.7 Å². The van der Waals surface area contributed by atoms with Crippen molar-refractivity contribution in [3.05, 3.63) is 30.1 Å². The van der Waals surface area contributed by atoms with Gasteiger partial charge in [-0.3, -0.25) is 4.79 Å². The molecule has 1 aliphatic rings. The van der Waals surface area contributed by atoms with Crippen LogP contribution in [0.4, 0.5) is 4.39 Å². The Kier molecular flexibility index (Phi) is 5.27. The molecule has 1 aromatic carbocycles. The highest BCUT2D eigenvalue weighted by molar-refractivity contribution is 8.00. The summed E-state index contributed by atoms with van der Waals surface area (Å²) in [5, 5.41) is 3.69. The molecule has 2 unspecified atom stereocenters. The molecular weight excluding hydrogens is 287 g/mol. The van der Waals surface area contributed by atoms with Gasteiger partial charge < -0.3 is 11.1 Å². The van der Waals surface area contributed by atoms with Crippen molar-refractivity contribution in [3.63, 3.8) is 0 Å². The van der Waals surface area contributed by atoms with Gasteiger partial charge in [-0.2, -0.15) is 0 Å². The molecule has 0 bridgehead atoms. The third-order valence-corrected chi connectivity index (χ3v) is 5.14. The van der Waals surface area contributed by atoms with Crippen LogP contribution in [-0.2, 0) is 4.79 Å². The lowest BCUT2D eigenvalue weighted by molar-refractivity contribution is -0.126. The van der Waals surface area contributed by atoms with Crippen LogP contribution < -0.4 is 11.1 Å². The van der Waals surface area contributed by atoms with Crippen LogP contribution in [0.25, 0.3) is 0 Å². The number of benzene rings is 1. The first-order chi connectivity index (χ1) is 9.91. The van der Waals surface area contributed by atoms with Crippen LogP contribution in [0.1, 0.15) is 39.5 Å². The van der Waals surface area contributed by atoms with Gasteiger partial charge in [0.15, 0.2) is 0 Å². The first-order valence-corrected chi connectivity index (χ1v) is 8.29. The summed E-state index contributed by atoms with van der Waals surface area (Å²) in [5.41, 5.74) is 5.06. The number of amides is 1. The molecule has 0 heterocycles. The van der Waals surface area contributed by atoms with Crippen molar-refractivity contribution in [3.8, 4) is 0 Å². The van der Waals surface area contributed by atoms with E-state index in [0.29, 0.717) is 5.25 Å². The molecule has 2 rings (SSSR count). The minimum absolute atomic E-state index is 0.215. The lowest BCUT2D eigenvalue weighted by Crippen LogP contribution is -2.60. The standard InChI is InChI=1S/C16H23FN2OS/c1-11(2)19-16(15(18)20)9-3-4-14(10-16)21-13-7-5-12(17)6-8-13/h5-8,11,14,19H,3-4,9-10H2,1-2H3,(H2,18,20). The lowest BCUT2D eigenvalue weighted by Gasteiger charge is -2.40. The van der Waals surface area contributed by atoms with Crippen molar-refractivity contribution in [1.29, 1.82) is 0 Å². The van der Waals surface area contributed by atoms with Crippen LogP contribution in [0, 0.1) is 5.82 Å². The number of halogens is 1. The molecule has 0 spiro atoms. The molecule has 116 valence electrons. The third kappa shape index (κ3) is 4.20. The molecule has 3 nitrogen and oxygen atoms in total. The molecule has 0 aromatic heterocycles. The molecule has 1 aromatic rings. The molecule has 1 aliphatic carbocycles. The van der Waals surface area contributed by atoms with Crippen LogP contribution in [0.2, 0.25) is 0 Å². The average molecular weight is 310 g/mol. The molecule has 1 saturated carbocycles. The monoisotopic (exact) mass is 310 g/mol. The maximum atomic E-state index is 13.0. The van der Waals surface area contributed by atoms with Crippen LogP contribution in [0.5, 0.6) is 0 Å². The van der Waals surface area contributed by atoms with Gasteiger partial charge in [-0.1, -0.05) is 0 Å². The zero-order chi connectivity index (χ0) is 15.5. The average Bonchev–Trinajstić information content (AvgIpc) is 2.41. The Balaban J connectivity index is 2.08. The highest BCUT2D eigenvalue weighted by atomic mass is 32.2. The summed E-state index contributed by atoms with van der Waals surface area (Å²) in [7, 11) is 0. The summed E-state index contributed by atoms with van der Waals surface area (Å²) in [6.45, 7) is 4.06. The summed E-state index contributed by atoms with van der Waals surface area (Å²) < 4.78 is 13.0. The Hall–Kier alpha value is -1.07. The lowest BCUT2D eigenvalue weighted by atomic mass is 9.80. The number of hydrogen-bond acceptors (Lipinski definition) is 3. The summed E-state index contributed by atoms with van der Waals surface area (Å²) in [5.74, 6) is -0.489. The zero-order valence-electron chi connectivity index (χ0n) is 12.6. The van der Waals surface area contributed by atoms with E-state index in [1.54, 1.807) is 23.9 Å². The topological polar surface area (TPSA) is 55.1 Å². The number of carbonyl (C=O) groups is 1. The van der Waals surface area contributed by atoms with Crippen LogP contribution in [0.15, 0.2) is 29.2 Å². The van der Waals surface area contributed by atoms with Gasteiger partial charge in [-0.15, -0.1) is 11.8 Å². The van der Waals surface area contributed by atoms with E-state index in [1.165, 1.54) is 12.1 Å². The molecule has 0 saturated heterocycles. The van der Waals surface area contributed by atoms with Crippen molar-refractivity contribution in [2.24, 2.45) is 5.73 Å². The van der Waals surface area contributed by atoms with Crippen LogP contribution in [0.3, 0.4) is 0 Å². The van der Waals surface area contributed by atoms with Gasteiger partial charge in [0.25, 0.3) is 0 Å². The molecule has 3 N–H and O–H groups in total. The highest BCUT2D eigenvalue weighted by Crippen LogP contribution is 2.38. The largest absolute Gasteiger partial charge is 0.368 e. The Morgan fingerprint density at radius 3 is 2.67 bits per heavy atom. The molecule has 1 amide bonds. The van der Waals surface area contributed by atoms with E-state index >= 15 is 0 Å². The van der Waals surface area contributed by atoms with Crippen molar-refractivity contribution in [1.82, 2.24) is 5.32 Å². The number of primary amides is 1. The summed E-state index contributed by atoms with van der Waals surface area (Å²) in [6.07, 6.45) is 3.54. The first-order valence-electron chi connectivity index (χ1n) is 7.41. The SMILES string of the molecule is CC(C)NC1(C(N)=O)CCCC(Sc2ccc(F)cc2)C1. The van der Waals surface area contributed by atoms with E-state index in [0.717, 1.165) is 30.6 Å². The second-order valence-electron chi connectivity index (χ2n) is 6.04. The van der Waals surface area contributed by atoms with Gasteiger partial charge in [-0.05, 0) is 63.8 Å². The Bertz CT molecular complexity index is 492. The fourth-order valence-electron chi connectivity index (χ4n) is 3.01. The fraction of sp³-hybridized carbons (Fsp3) is 0.562. The van der Waals surface area contributed by atoms with Crippen molar-refractivity contribution < 1.29 is 9.18 Å². The maximum Gasteiger partial charge on any atom is 0.237 e. The number of hydrogen-bond donors (Lipinski definition) is 2.